The van der Waals surface area contributed by atoms with Crippen molar-refractivity contribution in [3.63, 3.8) is 0 Å². The normalized spacial score (nSPS) is 9.71. The van der Waals surface area contributed by atoms with Gasteiger partial charge in [0.25, 0.3) is 5.91 Å². The number of aliphatic hydroxyl groups is 1. The molecule has 0 aliphatic carbocycles. The van der Waals surface area contributed by atoms with E-state index in [1.54, 1.807) is 23.1 Å². The van der Waals surface area contributed by atoms with Gasteiger partial charge in [0, 0.05) is 23.7 Å². The van der Waals surface area contributed by atoms with Crippen LogP contribution in [-0.4, -0.2) is 35.1 Å². The van der Waals surface area contributed by atoms with Crippen molar-refractivity contribution in [1.82, 2.24) is 4.90 Å². The lowest BCUT2D eigenvalue weighted by Gasteiger charge is -2.26. The van der Waals surface area contributed by atoms with Crippen molar-refractivity contribution in [2.75, 3.05) is 13.2 Å². The molecule has 1 rings (SSSR count). The van der Waals surface area contributed by atoms with Gasteiger partial charge in [-0.15, -0.1) is 0 Å². The fraction of sp³-hybridized carbons (Fsp3) is 0.375. The summed E-state index contributed by atoms with van der Waals surface area (Å²) in [5, 5.41) is 17.7. The summed E-state index contributed by atoms with van der Waals surface area (Å²) in [7, 11) is 0. The maximum atomic E-state index is 12.5. The van der Waals surface area contributed by atoms with Crippen molar-refractivity contribution in [2.24, 2.45) is 0 Å². The minimum atomic E-state index is -0.244. The quantitative estimate of drug-likeness (QED) is 0.869. The van der Waals surface area contributed by atoms with Crippen LogP contribution in [0, 0.1) is 23.2 Å². The summed E-state index contributed by atoms with van der Waals surface area (Å²) in [4.78, 5) is 14.1. The van der Waals surface area contributed by atoms with Gasteiger partial charge in [0.05, 0.1) is 17.5 Å². The molecule has 110 valence electrons. The Morgan fingerprint density at radius 2 is 2.19 bits per heavy atom. The lowest BCUT2D eigenvalue weighted by molar-refractivity contribution is 0.0710. The molecular weight excluding hydrogens is 288 g/mol. The standard InChI is InChI=1S/C16H17ClN2O2/c1-12(2)19(9-4-8-18)16(21)14-7-6-13(5-3-10-20)15(17)11-14/h6-7,11-12,20H,4,9-10H2,1-2H3. The Labute approximate surface area is 129 Å². The third kappa shape index (κ3) is 4.79. The minimum Gasteiger partial charge on any atom is -0.384 e. The van der Waals surface area contributed by atoms with Gasteiger partial charge in [-0.05, 0) is 32.0 Å². The number of rotatable bonds is 4. The second kappa shape index (κ2) is 8.32. The zero-order valence-corrected chi connectivity index (χ0v) is 12.8. The smallest absolute Gasteiger partial charge is 0.254 e. The van der Waals surface area contributed by atoms with Gasteiger partial charge in [-0.3, -0.25) is 4.79 Å². The number of halogens is 1. The largest absolute Gasteiger partial charge is 0.384 e. The van der Waals surface area contributed by atoms with Crippen LogP contribution in [0.4, 0.5) is 0 Å². The highest BCUT2D eigenvalue weighted by molar-refractivity contribution is 6.32. The van der Waals surface area contributed by atoms with Crippen LogP contribution >= 0.6 is 11.6 Å². The average molecular weight is 305 g/mol. The second-order valence-corrected chi connectivity index (χ2v) is 5.06. The van der Waals surface area contributed by atoms with E-state index >= 15 is 0 Å². The van der Waals surface area contributed by atoms with E-state index in [0.29, 0.717) is 22.7 Å². The zero-order chi connectivity index (χ0) is 15.8. The Kier molecular flexibility index (Phi) is 6.75. The molecule has 5 heteroatoms. The van der Waals surface area contributed by atoms with Gasteiger partial charge in [0.2, 0.25) is 0 Å². The molecule has 1 aromatic rings. The first-order chi connectivity index (χ1) is 10.0. The van der Waals surface area contributed by atoms with E-state index in [-0.39, 0.29) is 25.0 Å². The molecule has 0 saturated carbocycles. The van der Waals surface area contributed by atoms with E-state index in [2.05, 4.69) is 11.8 Å². The van der Waals surface area contributed by atoms with Crippen molar-refractivity contribution in [3.05, 3.63) is 34.3 Å². The van der Waals surface area contributed by atoms with E-state index in [1.165, 1.54) is 0 Å². The second-order valence-electron chi connectivity index (χ2n) is 4.65. The van der Waals surface area contributed by atoms with Gasteiger partial charge >= 0.3 is 0 Å². The van der Waals surface area contributed by atoms with Crippen LogP contribution in [0.3, 0.4) is 0 Å². The molecule has 0 aliphatic rings. The van der Waals surface area contributed by atoms with Crippen molar-refractivity contribution in [1.29, 1.82) is 5.26 Å². The van der Waals surface area contributed by atoms with Crippen LogP contribution in [0.1, 0.15) is 36.2 Å². The van der Waals surface area contributed by atoms with Crippen LogP contribution < -0.4 is 0 Å². The average Bonchev–Trinajstić information content (AvgIpc) is 2.45. The predicted molar refractivity (Wildman–Crippen MR) is 81.8 cm³/mol. The molecule has 0 fully saturated rings. The summed E-state index contributed by atoms with van der Waals surface area (Å²) in [6, 6.07) is 6.91. The highest BCUT2D eigenvalue weighted by Crippen LogP contribution is 2.19. The number of carbonyl (C=O) groups excluding carboxylic acids is 1. The highest BCUT2D eigenvalue weighted by Gasteiger charge is 2.19. The summed E-state index contributed by atoms with van der Waals surface area (Å²) < 4.78 is 0. The Balaban J connectivity index is 3.01. The number of amides is 1. The first-order valence-electron chi connectivity index (χ1n) is 6.58. The monoisotopic (exact) mass is 304 g/mol. The fourth-order valence-electron chi connectivity index (χ4n) is 1.81. The first-order valence-corrected chi connectivity index (χ1v) is 6.96. The van der Waals surface area contributed by atoms with Gasteiger partial charge in [-0.25, -0.2) is 0 Å². The number of hydrogen-bond donors (Lipinski definition) is 1. The highest BCUT2D eigenvalue weighted by atomic mass is 35.5. The molecule has 0 spiro atoms. The summed E-state index contributed by atoms with van der Waals surface area (Å²) in [5.41, 5.74) is 1.02. The Bertz CT molecular complexity index is 609. The molecule has 0 heterocycles. The molecule has 0 atom stereocenters. The van der Waals surface area contributed by atoms with Crippen LogP contribution in [0.15, 0.2) is 18.2 Å². The Morgan fingerprint density at radius 3 is 2.71 bits per heavy atom. The molecule has 0 radical (unpaired) electrons. The minimum absolute atomic E-state index is 0.00140. The SMILES string of the molecule is CC(C)N(CCC#N)C(=O)c1ccc(C#CCO)c(Cl)c1. The van der Waals surface area contributed by atoms with Crippen molar-refractivity contribution in [2.45, 2.75) is 26.3 Å². The van der Waals surface area contributed by atoms with Gasteiger partial charge in [-0.1, -0.05) is 23.4 Å². The topological polar surface area (TPSA) is 64.3 Å². The lowest BCUT2D eigenvalue weighted by atomic mass is 10.1. The third-order valence-corrected chi connectivity index (χ3v) is 3.18. The first kappa shape index (κ1) is 17.0. The van der Waals surface area contributed by atoms with Gasteiger partial charge in [0.1, 0.15) is 6.61 Å². The number of nitrogens with zero attached hydrogens (tertiary/aromatic N) is 2. The Morgan fingerprint density at radius 1 is 1.48 bits per heavy atom. The molecule has 0 saturated heterocycles. The van der Waals surface area contributed by atoms with E-state index in [1.807, 2.05) is 19.9 Å². The lowest BCUT2D eigenvalue weighted by Crippen LogP contribution is -2.37. The van der Waals surface area contributed by atoms with E-state index in [9.17, 15) is 4.79 Å². The molecular formula is C16H17ClN2O2. The third-order valence-electron chi connectivity index (χ3n) is 2.87. The summed E-state index contributed by atoms with van der Waals surface area (Å²) in [6.45, 7) is 3.94. The van der Waals surface area contributed by atoms with Crippen LogP contribution in [0.2, 0.25) is 5.02 Å². The summed E-state index contributed by atoms with van der Waals surface area (Å²) in [6.07, 6.45) is 0.289. The van der Waals surface area contributed by atoms with Gasteiger partial charge in [0.15, 0.2) is 0 Å². The number of nitriles is 1. The van der Waals surface area contributed by atoms with E-state index < -0.39 is 0 Å². The number of hydrogen-bond acceptors (Lipinski definition) is 3. The van der Waals surface area contributed by atoms with Crippen LogP contribution in [-0.2, 0) is 0 Å². The number of aliphatic hydroxyl groups excluding tert-OH is 1. The van der Waals surface area contributed by atoms with E-state index in [4.69, 9.17) is 22.0 Å². The van der Waals surface area contributed by atoms with Crippen molar-refractivity contribution in [3.8, 4) is 17.9 Å². The van der Waals surface area contributed by atoms with Gasteiger partial charge in [-0.2, -0.15) is 5.26 Å². The molecule has 1 amide bonds. The molecule has 0 unspecified atom stereocenters. The van der Waals surface area contributed by atoms with E-state index in [0.717, 1.165) is 0 Å². The Hall–Kier alpha value is -2.01. The number of benzene rings is 1. The maximum Gasteiger partial charge on any atom is 0.254 e. The zero-order valence-electron chi connectivity index (χ0n) is 12.1. The molecule has 0 bridgehead atoms. The molecule has 1 aromatic carbocycles. The number of carbonyl (C=O) groups is 1. The summed E-state index contributed by atoms with van der Waals surface area (Å²) >= 11 is 6.09. The van der Waals surface area contributed by atoms with Crippen LogP contribution in [0.25, 0.3) is 0 Å². The van der Waals surface area contributed by atoms with Crippen molar-refractivity contribution >= 4 is 17.5 Å². The maximum absolute atomic E-state index is 12.5. The summed E-state index contributed by atoms with van der Waals surface area (Å²) in [5.74, 6) is 5.06. The predicted octanol–water partition coefficient (Wildman–Crippen LogP) is 2.45. The molecule has 4 nitrogen and oxygen atoms in total. The molecule has 0 aliphatic heterocycles. The fourth-order valence-corrected chi connectivity index (χ4v) is 2.04. The molecule has 21 heavy (non-hydrogen) atoms. The molecule has 0 aromatic heterocycles. The van der Waals surface area contributed by atoms with Gasteiger partial charge < -0.3 is 10.0 Å². The van der Waals surface area contributed by atoms with Crippen LogP contribution in [0.5, 0.6) is 0 Å². The molecule has 1 N–H and O–H groups in total. The van der Waals surface area contributed by atoms with Crippen molar-refractivity contribution < 1.29 is 9.90 Å².